The standard InChI is InChI=1S/C24H30N4O2/c1-3-11-21(14-10-17-24(29)30-4-2)27(18-20-12-6-5-7-13-20)19-28-23-16-9-8-15-22(23)25-26-28/h5-10,12-13,15-17,21H,3-4,11,14,18-19H2,1-2H3/b17-10+. The molecule has 0 saturated heterocycles. The zero-order valence-corrected chi connectivity index (χ0v) is 17.8. The van der Waals surface area contributed by atoms with E-state index in [9.17, 15) is 4.79 Å². The SMILES string of the molecule is CCCC(C/C=C/C(=O)OCC)N(Cc1ccccc1)Cn1nnc2ccccc21. The van der Waals surface area contributed by atoms with Crippen molar-refractivity contribution in [3.05, 3.63) is 72.3 Å². The fourth-order valence-corrected chi connectivity index (χ4v) is 3.60. The number of aromatic nitrogens is 3. The summed E-state index contributed by atoms with van der Waals surface area (Å²) in [5.74, 6) is -0.287. The van der Waals surface area contributed by atoms with E-state index in [1.807, 2.05) is 48.0 Å². The van der Waals surface area contributed by atoms with Gasteiger partial charge < -0.3 is 4.74 Å². The molecule has 158 valence electrons. The van der Waals surface area contributed by atoms with Gasteiger partial charge in [-0.05, 0) is 37.5 Å². The van der Waals surface area contributed by atoms with Crippen LogP contribution in [0.1, 0.15) is 38.7 Å². The van der Waals surface area contributed by atoms with Gasteiger partial charge in [-0.1, -0.05) is 67.1 Å². The molecule has 6 heteroatoms. The molecule has 1 atom stereocenters. The fourth-order valence-electron chi connectivity index (χ4n) is 3.60. The molecule has 1 heterocycles. The van der Waals surface area contributed by atoms with Crippen LogP contribution in [-0.4, -0.2) is 38.5 Å². The van der Waals surface area contributed by atoms with Crippen LogP contribution < -0.4 is 0 Å². The van der Waals surface area contributed by atoms with Gasteiger partial charge in [-0.25, -0.2) is 9.48 Å². The van der Waals surface area contributed by atoms with Gasteiger partial charge in [-0.3, -0.25) is 4.90 Å². The lowest BCUT2D eigenvalue weighted by atomic mass is 10.1. The molecular formula is C24H30N4O2. The van der Waals surface area contributed by atoms with Gasteiger partial charge in [0.2, 0.25) is 0 Å². The normalized spacial score (nSPS) is 12.6. The number of fused-ring (bicyclic) bond motifs is 1. The van der Waals surface area contributed by atoms with Crippen molar-refractivity contribution in [3.63, 3.8) is 0 Å². The van der Waals surface area contributed by atoms with Crippen molar-refractivity contribution < 1.29 is 9.53 Å². The first-order chi connectivity index (χ1) is 14.7. The molecule has 1 aromatic heterocycles. The molecule has 0 amide bonds. The second kappa shape index (κ2) is 11.3. The summed E-state index contributed by atoms with van der Waals surface area (Å²) >= 11 is 0. The van der Waals surface area contributed by atoms with Crippen LogP contribution in [0.25, 0.3) is 11.0 Å². The van der Waals surface area contributed by atoms with E-state index in [4.69, 9.17) is 4.74 Å². The van der Waals surface area contributed by atoms with E-state index in [0.717, 1.165) is 36.8 Å². The van der Waals surface area contributed by atoms with Crippen LogP contribution >= 0.6 is 0 Å². The Bertz CT molecular complexity index is 952. The van der Waals surface area contributed by atoms with Gasteiger partial charge in [0, 0.05) is 18.7 Å². The van der Waals surface area contributed by atoms with E-state index >= 15 is 0 Å². The quantitative estimate of drug-likeness (QED) is 0.345. The summed E-state index contributed by atoms with van der Waals surface area (Å²) in [6.07, 6.45) is 6.31. The maximum absolute atomic E-state index is 11.7. The van der Waals surface area contributed by atoms with Crippen molar-refractivity contribution in [2.24, 2.45) is 0 Å². The Labute approximate surface area is 178 Å². The number of rotatable bonds is 11. The van der Waals surface area contributed by atoms with Crippen molar-refractivity contribution in [1.29, 1.82) is 0 Å². The van der Waals surface area contributed by atoms with Crippen LogP contribution in [0.4, 0.5) is 0 Å². The first-order valence-electron chi connectivity index (χ1n) is 10.6. The molecule has 0 saturated carbocycles. The van der Waals surface area contributed by atoms with Gasteiger partial charge >= 0.3 is 5.97 Å². The number of hydrogen-bond donors (Lipinski definition) is 0. The molecule has 0 N–H and O–H groups in total. The van der Waals surface area contributed by atoms with Crippen molar-refractivity contribution in [1.82, 2.24) is 19.9 Å². The molecule has 0 aliphatic heterocycles. The molecule has 30 heavy (non-hydrogen) atoms. The van der Waals surface area contributed by atoms with Crippen LogP contribution in [0.2, 0.25) is 0 Å². The lowest BCUT2D eigenvalue weighted by molar-refractivity contribution is -0.137. The first-order valence-corrected chi connectivity index (χ1v) is 10.6. The minimum atomic E-state index is -0.287. The maximum Gasteiger partial charge on any atom is 0.330 e. The molecule has 0 spiro atoms. The highest BCUT2D eigenvalue weighted by Gasteiger charge is 2.19. The third-order valence-corrected chi connectivity index (χ3v) is 5.05. The fraction of sp³-hybridized carbons (Fsp3) is 0.375. The van der Waals surface area contributed by atoms with E-state index in [1.54, 1.807) is 0 Å². The predicted octanol–water partition coefficient (Wildman–Crippen LogP) is 4.57. The number of esters is 1. The molecular weight excluding hydrogens is 376 g/mol. The van der Waals surface area contributed by atoms with Gasteiger partial charge in [-0.2, -0.15) is 0 Å². The molecule has 0 bridgehead atoms. The smallest absolute Gasteiger partial charge is 0.330 e. The zero-order valence-electron chi connectivity index (χ0n) is 17.8. The van der Waals surface area contributed by atoms with Crippen molar-refractivity contribution in [2.75, 3.05) is 6.61 Å². The summed E-state index contributed by atoms with van der Waals surface area (Å²) < 4.78 is 6.97. The second-order valence-corrected chi connectivity index (χ2v) is 7.28. The summed E-state index contributed by atoms with van der Waals surface area (Å²) in [5, 5.41) is 8.69. The number of benzene rings is 2. The number of ether oxygens (including phenoxy) is 1. The summed E-state index contributed by atoms with van der Waals surface area (Å²) in [4.78, 5) is 14.1. The largest absolute Gasteiger partial charge is 0.463 e. The van der Waals surface area contributed by atoms with E-state index in [0.29, 0.717) is 13.3 Å². The summed E-state index contributed by atoms with van der Waals surface area (Å²) in [7, 11) is 0. The number of carbonyl (C=O) groups excluding carboxylic acids is 1. The molecule has 3 rings (SSSR count). The molecule has 0 aliphatic rings. The topological polar surface area (TPSA) is 60.2 Å². The van der Waals surface area contributed by atoms with E-state index < -0.39 is 0 Å². The lowest BCUT2D eigenvalue weighted by Crippen LogP contribution is -2.36. The van der Waals surface area contributed by atoms with Gasteiger partial charge in [0.25, 0.3) is 0 Å². The predicted molar refractivity (Wildman–Crippen MR) is 119 cm³/mol. The average Bonchev–Trinajstić information content (AvgIpc) is 3.17. The van der Waals surface area contributed by atoms with Gasteiger partial charge in [0.15, 0.2) is 0 Å². The van der Waals surface area contributed by atoms with Gasteiger partial charge in [0.05, 0.1) is 18.8 Å². The Kier molecular flexibility index (Phi) is 8.15. The summed E-state index contributed by atoms with van der Waals surface area (Å²) in [6, 6.07) is 18.7. The minimum Gasteiger partial charge on any atom is -0.463 e. The Hall–Kier alpha value is -2.99. The lowest BCUT2D eigenvalue weighted by Gasteiger charge is -2.31. The molecule has 0 aliphatic carbocycles. The van der Waals surface area contributed by atoms with E-state index in [1.165, 1.54) is 11.6 Å². The molecule has 3 aromatic rings. The number of hydrogen-bond acceptors (Lipinski definition) is 5. The molecule has 0 fully saturated rings. The minimum absolute atomic E-state index is 0.267. The summed E-state index contributed by atoms with van der Waals surface area (Å²) in [5.41, 5.74) is 3.16. The second-order valence-electron chi connectivity index (χ2n) is 7.28. The Balaban J connectivity index is 1.82. The highest BCUT2D eigenvalue weighted by Crippen LogP contribution is 2.19. The van der Waals surface area contributed by atoms with Crippen molar-refractivity contribution in [3.8, 4) is 0 Å². The number of carbonyl (C=O) groups is 1. The third kappa shape index (κ3) is 6.00. The van der Waals surface area contributed by atoms with Crippen LogP contribution in [-0.2, 0) is 22.7 Å². The molecule has 0 radical (unpaired) electrons. The third-order valence-electron chi connectivity index (χ3n) is 5.05. The molecule has 6 nitrogen and oxygen atoms in total. The van der Waals surface area contributed by atoms with Gasteiger partial charge in [0.1, 0.15) is 5.52 Å². The van der Waals surface area contributed by atoms with Crippen LogP contribution in [0.15, 0.2) is 66.7 Å². The highest BCUT2D eigenvalue weighted by atomic mass is 16.5. The van der Waals surface area contributed by atoms with Crippen LogP contribution in [0.3, 0.4) is 0 Å². The Morgan fingerprint density at radius 1 is 1.13 bits per heavy atom. The van der Waals surface area contributed by atoms with Crippen LogP contribution in [0, 0.1) is 0 Å². The van der Waals surface area contributed by atoms with Crippen molar-refractivity contribution >= 4 is 17.0 Å². The highest BCUT2D eigenvalue weighted by molar-refractivity contribution is 5.81. The monoisotopic (exact) mass is 406 g/mol. The maximum atomic E-state index is 11.7. The van der Waals surface area contributed by atoms with E-state index in [-0.39, 0.29) is 12.0 Å². The first kappa shape index (κ1) is 21.7. The molecule has 1 unspecified atom stereocenters. The Morgan fingerprint density at radius 3 is 2.67 bits per heavy atom. The molecule has 2 aromatic carbocycles. The van der Waals surface area contributed by atoms with Crippen molar-refractivity contribution in [2.45, 2.75) is 52.4 Å². The van der Waals surface area contributed by atoms with Crippen LogP contribution in [0.5, 0.6) is 0 Å². The number of para-hydroxylation sites is 1. The number of nitrogens with zero attached hydrogens (tertiary/aromatic N) is 4. The Morgan fingerprint density at radius 2 is 1.90 bits per heavy atom. The van der Waals surface area contributed by atoms with E-state index in [2.05, 4.69) is 46.4 Å². The van der Waals surface area contributed by atoms with Gasteiger partial charge in [-0.15, -0.1) is 5.10 Å². The zero-order chi connectivity index (χ0) is 21.2. The summed E-state index contributed by atoms with van der Waals surface area (Å²) in [6.45, 7) is 5.82. The average molecular weight is 407 g/mol.